The number of nitrogens with one attached hydrogen (secondary N) is 1. The van der Waals surface area contributed by atoms with Crippen LogP contribution in [0.5, 0.6) is 5.75 Å². The first-order valence-corrected chi connectivity index (χ1v) is 5.40. The van der Waals surface area contributed by atoms with Gasteiger partial charge in [0.15, 0.2) is 16.7 Å². The maximum Gasteiger partial charge on any atom is 0.198 e. The van der Waals surface area contributed by atoms with Gasteiger partial charge in [0.25, 0.3) is 0 Å². The molecule has 0 aromatic carbocycles. The lowest BCUT2D eigenvalue weighted by atomic mass is 10.1. The fourth-order valence-corrected chi connectivity index (χ4v) is 1.31. The first-order valence-electron chi connectivity index (χ1n) is 5.02. The van der Waals surface area contributed by atoms with Crippen LogP contribution in [0, 0.1) is 5.92 Å². The monoisotopic (exact) mass is 245 g/mol. The topological polar surface area (TPSA) is 67.3 Å². The second-order valence-corrected chi connectivity index (χ2v) is 4.10. The number of aromatic nitrogens is 2. The van der Waals surface area contributed by atoms with E-state index in [4.69, 9.17) is 16.3 Å². The summed E-state index contributed by atoms with van der Waals surface area (Å²) >= 11 is 5.83. The Hall–Kier alpha value is -1.07. The highest BCUT2D eigenvalue weighted by Gasteiger charge is 2.13. The van der Waals surface area contributed by atoms with Crippen LogP contribution >= 0.6 is 11.6 Å². The minimum atomic E-state index is -0.446. The number of halogens is 1. The number of rotatable bonds is 5. The lowest BCUT2D eigenvalue weighted by molar-refractivity contribution is 0.137. The molecule has 1 aromatic rings. The van der Waals surface area contributed by atoms with E-state index in [0.717, 1.165) is 0 Å². The van der Waals surface area contributed by atoms with Gasteiger partial charge in [0.1, 0.15) is 6.33 Å². The smallest absolute Gasteiger partial charge is 0.198 e. The molecule has 0 saturated heterocycles. The van der Waals surface area contributed by atoms with Crippen molar-refractivity contribution < 1.29 is 9.84 Å². The van der Waals surface area contributed by atoms with Crippen LogP contribution in [0.25, 0.3) is 0 Å². The zero-order chi connectivity index (χ0) is 12.1. The molecule has 0 fully saturated rings. The number of aliphatic hydroxyl groups excluding tert-OH is 1. The summed E-state index contributed by atoms with van der Waals surface area (Å²) in [7, 11) is 1.49. The lowest BCUT2D eigenvalue weighted by Gasteiger charge is -2.16. The van der Waals surface area contributed by atoms with Crippen LogP contribution < -0.4 is 10.1 Å². The number of nitrogens with zero attached hydrogens (tertiary/aromatic N) is 2. The Morgan fingerprint density at radius 2 is 2.19 bits per heavy atom. The predicted molar refractivity (Wildman–Crippen MR) is 62.9 cm³/mol. The van der Waals surface area contributed by atoms with Gasteiger partial charge in [-0.3, -0.25) is 0 Å². The van der Waals surface area contributed by atoms with Gasteiger partial charge in [-0.1, -0.05) is 25.4 Å². The minimum Gasteiger partial charge on any atom is -0.490 e. The molecular formula is C10H16ClN3O2. The van der Waals surface area contributed by atoms with E-state index < -0.39 is 6.10 Å². The molecule has 0 aliphatic carbocycles. The molecule has 2 N–H and O–H groups in total. The second-order valence-electron chi connectivity index (χ2n) is 3.74. The maximum absolute atomic E-state index is 9.64. The quantitative estimate of drug-likeness (QED) is 0.771. The Labute approximate surface area is 99.8 Å². The molecule has 90 valence electrons. The summed E-state index contributed by atoms with van der Waals surface area (Å²) in [6.45, 7) is 4.27. The van der Waals surface area contributed by atoms with Crippen molar-refractivity contribution in [3.63, 3.8) is 0 Å². The Bertz CT molecular complexity index is 347. The number of hydrogen-bond acceptors (Lipinski definition) is 5. The third-order valence-corrected chi connectivity index (χ3v) is 2.48. The number of methoxy groups -OCH3 is 1. The van der Waals surface area contributed by atoms with E-state index in [1.165, 1.54) is 13.4 Å². The number of ether oxygens (including phenoxy) is 1. The van der Waals surface area contributed by atoms with E-state index in [1.807, 2.05) is 13.8 Å². The predicted octanol–water partition coefficient (Wildman–Crippen LogP) is 1.57. The van der Waals surface area contributed by atoms with Crippen molar-refractivity contribution in [1.82, 2.24) is 9.97 Å². The molecule has 1 atom stereocenters. The third kappa shape index (κ3) is 3.21. The second kappa shape index (κ2) is 5.86. The van der Waals surface area contributed by atoms with Crippen molar-refractivity contribution in [2.75, 3.05) is 19.0 Å². The Morgan fingerprint density at radius 3 is 2.75 bits per heavy atom. The molecule has 6 heteroatoms. The van der Waals surface area contributed by atoms with Gasteiger partial charge in [0.2, 0.25) is 0 Å². The van der Waals surface area contributed by atoms with Crippen LogP contribution in [-0.2, 0) is 0 Å². The average molecular weight is 246 g/mol. The van der Waals surface area contributed by atoms with Crippen LogP contribution in [0.2, 0.25) is 5.15 Å². The molecule has 0 spiro atoms. The summed E-state index contributed by atoms with van der Waals surface area (Å²) in [6.07, 6.45) is 0.896. The number of aliphatic hydroxyl groups is 1. The third-order valence-electron chi connectivity index (χ3n) is 2.21. The highest BCUT2D eigenvalue weighted by Crippen LogP contribution is 2.28. The molecule has 1 heterocycles. The zero-order valence-corrected chi connectivity index (χ0v) is 10.3. The van der Waals surface area contributed by atoms with Gasteiger partial charge in [0.05, 0.1) is 13.2 Å². The molecule has 16 heavy (non-hydrogen) atoms. The van der Waals surface area contributed by atoms with Crippen molar-refractivity contribution in [3.8, 4) is 5.75 Å². The van der Waals surface area contributed by atoms with Crippen LogP contribution in [0.4, 0.5) is 5.82 Å². The molecule has 5 nitrogen and oxygen atoms in total. The van der Waals surface area contributed by atoms with Gasteiger partial charge in [-0.25, -0.2) is 9.97 Å². The summed E-state index contributed by atoms with van der Waals surface area (Å²) < 4.78 is 5.07. The molecule has 0 bridgehead atoms. The van der Waals surface area contributed by atoms with Crippen LogP contribution in [0.15, 0.2) is 6.33 Å². The van der Waals surface area contributed by atoms with E-state index in [9.17, 15) is 5.11 Å². The van der Waals surface area contributed by atoms with E-state index in [-0.39, 0.29) is 11.1 Å². The zero-order valence-electron chi connectivity index (χ0n) is 9.57. The molecule has 1 unspecified atom stereocenters. The first kappa shape index (κ1) is 13.0. The molecule has 1 aromatic heterocycles. The summed E-state index contributed by atoms with van der Waals surface area (Å²) in [5, 5.41) is 12.9. The summed E-state index contributed by atoms with van der Waals surface area (Å²) in [4.78, 5) is 7.80. The fourth-order valence-electron chi connectivity index (χ4n) is 1.10. The summed E-state index contributed by atoms with van der Waals surface area (Å²) in [5.41, 5.74) is 0. The van der Waals surface area contributed by atoms with E-state index >= 15 is 0 Å². The van der Waals surface area contributed by atoms with Gasteiger partial charge in [0, 0.05) is 6.54 Å². The van der Waals surface area contributed by atoms with Crippen LogP contribution in [0.1, 0.15) is 13.8 Å². The van der Waals surface area contributed by atoms with E-state index in [0.29, 0.717) is 18.1 Å². The largest absolute Gasteiger partial charge is 0.490 e. The normalized spacial score (nSPS) is 12.6. The van der Waals surface area contributed by atoms with Crippen molar-refractivity contribution in [1.29, 1.82) is 0 Å². The lowest BCUT2D eigenvalue weighted by Crippen LogP contribution is -2.25. The molecule has 0 amide bonds. The fraction of sp³-hybridized carbons (Fsp3) is 0.600. The van der Waals surface area contributed by atoms with Crippen LogP contribution in [-0.4, -0.2) is 34.8 Å². The molecule has 0 saturated carbocycles. The van der Waals surface area contributed by atoms with Crippen LogP contribution in [0.3, 0.4) is 0 Å². The van der Waals surface area contributed by atoms with E-state index in [2.05, 4.69) is 15.3 Å². The molecule has 0 aliphatic rings. The van der Waals surface area contributed by atoms with Gasteiger partial charge in [-0.15, -0.1) is 0 Å². The summed E-state index contributed by atoms with van der Waals surface area (Å²) in [5.74, 6) is 1.05. The summed E-state index contributed by atoms with van der Waals surface area (Å²) in [6, 6.07) is 0. The van der Waals surface area contributed by atoms with Crippen molar-refractivity contribution >= 4 is 17.4 Å². The average Bonchev–Trinajstić information content (AvgIpc) is 2.25. The Kier molecular flexibility index (Phi) is 4.76. The Balaban J connectivity index is 2.70. The Morgan fingerprint density at radius 1 is 1.50 bits per heavy atom. The maximum atomic E-state index is 9.64. The van der Waals surface area contributed by atoms with Gasteiger partial charge in [-0.2, -0.15) is 0 Å². The SMILES string of the molecule is COc1c(Cl)ncnc1NCC(O)C(C)C. The highest BCUT2D eigenvalue weighted by atomic mass is 35.5. The standard InChI is InChI=1S/C10H16ClN3O2/c1-6(2)7(15)4-12-10-8(16-3)9(11)13-5-14-10/h5-7,15H,4H2,1-3H3,(H,12,13,14). The van der Waals surface area contributed by atoms with Gasteiger partial charge in [-0.05, 0) is 5.92 Å². The van der Waals surface area contributed by atoms with Crippen molar-refractivity contribution in [3.05, 3.63) is 11.5 Å². The van der Waals surface area contributed by atoms with Crippen molar-refractivity contribution in [2.45, 2.75) is 20.0 Å². The molecular weight excluding hydrogens is 230 g/mol. The molecule has 0 radical (unpaired) electrons. The number of anilines is 1. The highest BCUT2D eigenvalue weighted by molar-refractivity contribution is 6.31. The van der Waals surface area contributed by atoms with Crippen molar-refractivity contribution in [2.24, 2.45) is 5.92 Å². The minimum absolute atomic E-state index is 0.177. The molecule has 0 aliphatic heterocycles. The molecule has 1 rings (SSSR count). The van der Waals surface area contributed by atoms with Gasteiger partial charge < -0.3 is 15.2 Å². The number of hydrogen-bond donors (Lipinski definition) is 2. The van der Waals surface area contributed by atoms with E-state index in [1.54, 1.807) is 0 Å². The first-order chi connectivity index (χ1) is 7.56. The van der Waals surface area contributed by atoms with Gasteiger partial charge >= 0.3 is 0 Å².